The number of non-ortho nitro benzene ring substituents is 1. The number of nitro benzene ring substituents is 1. The van der Waals surface area contributed by atoms with E-state index in [0.29, 0.717) is 19.1 Å². The molecule has 0 radical (unpaired) electrons. The first-order valence-corrected chi connectivity index (χ1v) is 9.68. The summed E-state index contributed by atoms with van der Waals surface area (Å²) in [7, 11) is 0. The molecule has 7 nitrogen and oxygen atoms in total. The Kier molecular flexibility index (Phi) is 6.30. The SMILES string of the molecule is O=C(NC1CCCCCCC1)N1CCN(c2ccc([N+](=O)[O-])cc2)CC1. The molecule has 2 fully saturated rings. The van der Waals surface area contributed by atoms with Crippen molar-refractivity contribution in [3.8, 4) is 0 Å². The Morgan fingerprint density at radius 2 is 1.54 bits per heavy atom. The molecule has 0 atom stereocenters. The van der Waals surface area contributed by atoms with Gasteiger partial charge in [0.15, 0.2) is 0 Å². The second-order valence-corrected chi connectivity index (χ2v) is 7.24. The van der Waals surface area contributed by atoms with Crippen LogP contribution in [0.25, 0.3) is 0 Å². The summed E-state index contributed by atoms with van der Waals surface area (Å²) in [5.41, 5.74) is 1.07. The van der Waals surface area contributed by atoms with Gasteiger partial charge in [0.05, 0.1) is 4.92 Å². The fraction of sp³-hybridized carbons (Fsp3) is 0.632. The molecule has 3 rings (SSSR count). The molecule has 1 saturated carbocycles. The number of amides is 2. The maximum absolute atomic E-state index is 12.5. The van der Waals surface area contributed by atoms with Crippen LogP contribution in [0.1, 0.15) is 44.9 Å². The van der Waals surface area contributed by atoms with Crippen molar-refractivity contribution in [3.05, 3.63) is 34.4 Å². The molecule has 26 heavy (non-hydrogen) atoms. The Morgan fingerprint density at radius 3 is 2.12 bits per heavy atom. The lowest BCUT2D eigenvalue weighted by Gasteiger charge is -2.37. The van der Waals surface area contributed by atoms with Crippen LogP contribution >= 0.6 is 0 Å². The standard InChI is InChI=1S/C19H28N4O3/c24-19(20-16-6-4-2-1-3-5-7-16)22-14-12-21(13-15-22)17-8-10-18(11-9-17)23(25)26/h8-11,16H,1-7,12-15H2,(H,20,24). The maximum atomic E-state index is 12.5. The van der Waals surface area contributed by atoms with Crippen molar-refractivity contribution in [3.63, 3.8) is 0 Å². The van der Waals surface area contributed by atoms with Crippen LogP contribution < -0.4 is 10.2 Å². The van der Waals surface area contributed by atoms with Gasteiger partial charge in [0, 0.05) is 50.0 Å². The van der Waals surface area contributed by atoms with Crippen LogP contribution in [0, 0.1) is 10.1 Å². The predicted octanol–water partition coefficient (Wildman–Crippen LogP) is 3.54. The minimum atomic E-state index is -0.387. The number of hydrogen-bond donors (Lipinski definition) is 1. The van der Waals surface area contributed by atoms with Crippen molar-refractivity contribution >= 4 is 17.4 Å². The summed E-state index contributed by atoms with van der Waals surface area (Å²) in [6, 6.07) is 6.99. The molecular formula is C19H28N4O3. The van der Waals surface area contributed by atoms with E-state index in [-0.39, 0.29) is 16.6 Å². The zero-order chi connectivity index (χ0) is 18.4. The van der Waals surface area contributed by atoms with Crippen LogP contribution in [-0.4, -0.2) is 48.1 Å². The van der Waals surface area contributed by atoms with Gasteiger partial charge in [-0.15, -0.1) is 0 Å². The smallest absolute Gasteiger partial charge is 0.317 e. The van der Waals surface area contributed by atoms with Crippen LogP contribution in [0.3, 0.4) is 0 Å². The number of anilines is 1. The summed E-state index contributed by atoms with van der Waals surface area (Å²) in [4.78, 5) is 27.0. The highest BCUT2D eigenvalue weighted by Gasteiger charge is 2.23. The zero-order valence-corrected chi connectivity index (χ0v) is 15.2. The third-order valence-electron chi connectivity index (χ3n) is 5.43. The van der Waals surface area contributed by atoms with Gasteiger partial charge in [-0.1, -0.05) is 32.1 Å². The molecule has 0 bridgehead atoms. The van der Waals surface area contributed by atoms with Crippen molar-refractivity contribution in [2.24, 2.45) is 0 Å². The van der Waals surface area contributed by atoms with Crippen molar-refractivity contribution in [1.82, 2.24) is 10.2 Å². The number of urea groups is 1. The molecule has 0 aromatic heterocycles. The molecule has 1 aliphatic carbocycles. The van der Waals surface area contributed by atoms with Crippen LogP contribution in [0.2, 0.25) is 0 Å². The van der Waals surface area contributed by atoms with E-state index in [1.165, 1.54) is 44.2 Å². The quantitative estimate of drug-likeness (QED) is 0.660. The Balaban J connectivity index is 1.48. The molecule has 2 aliphatic rings. The lowest BCUT2D eigenvalue weighted by atomic mass is 9.97. The highest BCUT2D eigenvalue weighted by Crippen LogP contribution is 2.21. The van der Waals surface area contributed by atoms with Crippen molar-refractivity contribution in [1.29, 1.82) is 0 Å². The summed E-state index contributed by atoms with van der Waals surface area (Å²) in [6.07, 6.45) is 8.48. The van der Waals surface area contributed by atoms with E-state index >= 15 is 0 Å². The average Bonchev–Trinajstić information content (AvgIpc) is 2.64. The van der Waals surface area contributed by atoms with Gasteiger partial charge in [0.25, 0.3) is 5.69 Å². The number of rotatable bonds is 3. The summed E-state index contributed by atoms with van der Waals surface area (Å²) in [6.45, 7) is 2.84. The second-order valence-electron chi connectivity index (χ2n) is 7.24. The van der Waals surface area contributed by atoms with E-state index < -0.39 is 0 Å². The highest BCUT2D eigenvalue weighted by atomic mass is 16.6. The number of hydrogen-bond acceptors (Lipinski definition) is 4. The highest BCUT2D eigenvalue weighted by molar-refractivity contribution is 5.75. The summed E-state index contributed by atoms with van der Waals surface area (Å²) >= 11 is 0. The largest absolute Gasteiger partial charge is 0.368 e. The van der Waals surface area contributed by atoms with Crippen molar-refractivity contribution in [2.75, 3.05) is 31.1 Å². The number of nitro groups is 1. The van der Waals surface area contributed by atoms with Gasteiger partial charge in [-0.25, -0.2) is 4.79 Å². The monoisotopic (exact) mass is 360 g/mol. The first-order chi connectivity index (χ1) is 12.6. The zero-order valence-electron chi connectivity index (χ0n) is 15.2. The van der Waals surface area contributed by atoms with Gasteiger partial charge in [0.1, 0.15) is 0 Å². The molecule has 1 N–H and O–H groups in total. The van der Waals surface area contributed by atoms with E-state index in [4.69, 9.17) is 0 Å². The van der Waals surface area contributed by atoms with Gasteiger partial charge in [-0.05, 0) is 25.0 Å². The molecule has 1 heterocycles. The van der Waals surface area contributed by atoms with E-state index in [9.17, 15) is 14.9 Å². The van der Waals surface area contributed by atoms with Gasteiger partial charge < -0.3 is 15.1 Å². The minimum Gasteiger partial charge on any atom is -0.368 e. The van der Waals surface area contributed by atoms with Crippen LogP contribution in [0.15, 0.2) is 24.3 Å². The van der Waals surface area contributed by atoms with Crippen molar-refractivity contribution < 1.29 is 9.72 Å². The number of carbonyl (C=O) groups is 1. The average molecular weight is 360 g/mol. The molecule has 1 aromatic carbocycles. The predicted molar refractivity (Wildman–Crippen MR) is 102 cm³/mol. The molecule has 1 aromatic rings. The van der Waals surface area contributed by atoms with Crippen LogP contribution in [-0.2, 0) is 0 Å². The Hall–Kier alpha value is -2.31. The fourth-order valence-corrected chi connectivity index (χ4v) is 3.82. The molecule has 1 saturated heterocycles. The summed E-state index contributed by atoms with van der Waals surface area (Å²) < 4.78 is 0. The van der Waals surface area contributed by atoms with E-state index in [0.717, 1.165) is 31.6 Å². The summed E-state index contributed by atoms with van der Waals surface area (Å²) in [5.74, 6) is 0. The second kappa shape index (κ2) is 8.87. The van der Waals surface area contributed by atoms with E-state index in [2.05, 4.69) is 10.2 Å². The Bertz CT molecular complexity index is 604. The third-order valence-corrected chi connectivity index (χ3v) is 5.43. The number of benzene rings is 1. The Labute approximate surface area is 154 Å². The molecule has 0 spiro atoms. The third kappa shape index (κ3) is 4.86. The fourth-order valence-electron chi connectivity index (χ4n) is 3.82. The first kappa shape index (κ1) is 18.5. The topological polar surface area (TPSA) is 78.7 Å². The maximum Gasteiger partial charge on any atom is 0.317 e. The molecule has 2 amide bonds. The molecular weight excluding hydrogens is 332 g/mol. The van der Waals surface area contributed by atoms with Crippen molar-refractivity contribution in [2.45, 2.75) is 51.0 Å². The molecule has 7 heteroatoms. The van der Waals surface area contributed by atoms with E-state index in [1.807, 2.05) is 4.90 Å². The molecule has 142 valence electrons. The van der Waals surface area contributed by atoms with Gasteiger partial charge in [0.2, 0.25) is 0 Å². The van der Waals surface area contributed by atoms with Gasteiger partial charge in [-0.3, -0.25) is 10.1 Å². The Morgan fingerprint density at radius 1 is 0.962 bits per heavy atom. The van der Waals surface area contributed by atoms with Gasteiger partial charge in [-0.2, -0.15) is 0 Å². The lowest BCUT2D eigenvalue weighted by Crippen LogP contribution is -2.53. The summed E-state index contributed by atoms with van der Waals surface area (Å²) in [5, 5.41) is 14.0. The van der Waals surface area contributed by atoms with Crippen LogP contribution in [0.5, 0.6) is 0 Å². The first-order valence-electron chi connectivity index (χ1n) is 9.68. The molecule has 1 aliphatic heterocycles. The number of piperazine rings is 1. The number of nitrogens with zero attached hydrogens (tertiary/aromatic N) is 3. The number of nitrogens with one attached hydrogen (secondary N) is 1. The normalized spacial score (nSPS) is 19.5. The van der Waals surface area contributed by atoms with E-state index in [1.54, 1.807) is 12.1 Å². The number of carbonyl (C=O) groups excluding carboxylic acids is 1. The van der Waals surface area contributed by atoms with Crippen LogP contribution in [0.4, 0.5) is 16.2 Å². The van der Waals surface area contributed by atoms with Gasteiger partial charge >= 0.3 is 6.03 Å². The molecule has 0 unspecified atom stereocenters. The lowest BCUT2D eigenvalue weighted by molar-refractivity contribution is -0.384. The minimum absolute atomic E-state index is 0.0546.